The Bertz CT molecular complexity index is 832. The Kier molecular flexibility index (Phi) is 9.74. The first kappa shape index (κ1) is 29.8. The third-order valence-electron chi connectivity index (χ3n) is 4.54. The lowest BCUT2D eigenvalue weighted by atomic mass is 9.81. The fraction of sp³-hybridized carbons (Fsp3) is 0.714. The van der Waals surface area contributed by atoms with Gasteiger partial charge in [0.05, 0.1) is 6.61 Å². The number of esters is 6. The molecular weight excluding hydrogens is 476 g/mol. The summed E-state index contributed by atoms with van der Waals surface area (Å²) >= 11 is 0. The zero-order valence-corrected chi connectivity index (χ0v) is 20.5. The summed E-state index contributed by atoms with van der Waals surface area (Å²) in [6, 6.07) is 0. The van der Waals surface area contributed by atoms with Crippen LogP contribution in [-0.4, -0.2) is 77.1 Å². The highest BCUT2D eigenvalue weighted by Crippen LogP contribution is 2.54. The van der Waals surface area contributed by atoms with Crippen LogP contribution in [0.25, 0.3) is 0 Å². The molecule has 14 heteroatoms. The van der Waals surface area contributed by atoms with Crippen molar-refractivity contribution in [3.8, 4) is 0 Å². The molecule has 0 radical (unpaired) electrons. The summed E-state index contributed by atoms with van der Waals surface area (Å²) in [6.07, 6.45) is -4.13. The van der Waals surface area contributed by atoms with Gasteiger partial charge in [-0.2, -0.15) is 0 Å². The van der Waals surface area contributed by atoms with Gasteiger partial charge in [-0.1, -0.05) is 6.92 Å². The third-order valence-corrected chi connectivity index (χ3v) is 4.54. The van der Waals surface area contributed by atoms with Crippen LogP contribution >= 0.6 is 0 Å². The second-order valence-electron chi connectivity index (χ2n) is 7.62. The number of carbonyl (C=O) groups excluding carboxylic acids is 6. The lowest BCUT2D eigenvalue weighted by Crippen LogP contribution is -2.84. The standard InChI is InChI=1S/C21H30O14/c1-8-9-19(30-12(3)24)21(33-15(6)27,34-16(7)28)20(31-13(4)25,32-14(5)26)18(29-11(2)23)17(10-22)35-19/h17-18,22H,8-10H2,1-7H3/t17-,18-,19-/m1/s1. The summed E-state index contributed by atoms with van der Waals surface area (Å²) in [5.41, 5.74) is 0. The van der Waals surface area contributed by atoms with Crippen LogP contribution in [0.15, 0.2) is 0 Å². The smallest absolute Gasteiger partial charge is 0.406 e. The van der Waals surface area contributed by atoms with E-state index in [9.17, 15) is 33.9 Å². The van der Waals surface area contributed by atoms with E-state index in [-0.39, 0.29) is 6.42 Å². The molecule has 198 valence electrons. The Hall–Kier alpha value is -3.26. The Morgan fingerprint density at radius 3 is 1.46 bits per heavy atom. The molecule has 14 nitrogen and oxygen atoms in total. The topological polar surface area (TPSA) is 187 Å². The molecule has 0 aliphatic carbocycles. The molecule has 1 fully saturated rings. The monoisotopic (exact) mass is 506 g/mol. The first-order chi connectivity index (χ1) is 16.1. The highest BCUT2D eigenvalue weighted by Gasteiger charge is 2.85. The first-order valence-electron chi connectivity index (χ1n) is 10.6. The minimum atomic E-state index is -3.21. The summed E-state index contributed by atoms with van der Waals surface area (Å²) in [5.74, 6) is -15.9. The van der Waals surface area contributed by atoms with Crippen LogP contribution in [0.1, 0.15) is 61.3 Å². The maximum atomic E-state index is 12.4. The largest absolute Gasteiger partial charge is 0.451 e. The van der Waals surface area contributed by atoms with E-state index in [1.54, 1.807) is 6.92 Å². The average Bonchev–Trinajstić information content (AvgIpc) is 2.66. The van der Waals surface area contributed by atoms with E-state index in [4.69, 9.17) is 33.2 Å². The third kappa shape index (κ3) is 6.06. The van der Waals surface area contributed by atoms with Crippen LogP contribution in [0.3, 0.4) is 0 Å². The summed E-state index contributed by atoms with van der Waals surface area (Å²) < 4.78 is 37.8. The van der Waals surface area contributed by atoms with Gasteiger partial charge in [0.2, 0.25) is 6.10 Å². The van der Waals surface area contributed by atoms with Crippen molar-refractivity contribution in [1.82, 2.24) is 0 Å². The minimum Gasteiger partial charge on any atom is -0.451 e. The number of aliphatic hydroxyl groups excluding tert-OH is 1. The van der Waals surface area contributed by atoms with Crippen molar-refractivity contribution in [3.05, 3.63) is 0 Å². The van der Waals surface area contributed by atoms with E-state index in [1.807, 2.05) is 0 Å². The van der Waals surface area contributed by atoms with Gasteiger partial charge < -0.3 is 38.3 Å². The van der Waals surface area contributed by atoms with Gasteiger partial charge in [-0.25, -0.2) is 0 Å². The number of ether oxygens (including phenoxy) is 7. The highest BCUT2D eigenvalue weighted by molar-refractivity contribution is 5.73. The van der Waals surface area contributed by atoms with E-state index in [0.717, 1.165) is 41.5 Å². The van der Waals surface area contributed by atoms with Crippen molar-refractivity contribution in [1.29, 1.82) is 0 Å². The van der Waals surface area contributed by atoms with Gasteiger partial charge in [0, 0.05) is 48.0 Å². The van der Waals surface area contributed by atoms with Gasteiger partial charge in [-0.3, -0.25) is 28.8 Å². The fourth-order valence-electron chi connectivity index (χ4n) is 3.90. The summed E-state index contributed by atoms with van der Waals surface area (Å²) in [7, 11) is 0. The van der Waals surface area contributed by atoms with Crippen LogP contribution in [0.2, 0.25) is 0 Å². The lowest BCUT2D eigenvalue weighted by Gasteiger charge is -2.58. The zero-order chi connectivity index (χ0) is 27.2. The van der Waals surface area contributed by atoms with Crippen LogP contribution in [-0.2, 0) is 61.9 Å². The van der Waals surface area contributed by atoms with Crippen molar-refractivity contribution in [2.45, 2.75) is 90.9 Å². The second-order valence-corrected chi connectivity index (χ2v) is 7.62. The molecule has 0 bridgehead atoms. The van der Waals surface area contributed by atoms with E-state index in [0.29, 0.717) is 0 Å². The fourth-order valence-corrected chi connectivity index (χ4v) is 3.90. The number of aliphatic hydroxyl groups is 1. The number of hydrogen-bond acceptors (Lipinski definition) is 14. The van der Waals surface area contributed by atoms with Gasteiger partial charge in [-0.05, 0) is 6.42 Å². The second kappa shape index (κ2) is 11.4. The molecule has 0 unspecified atom stereocenters. The van der Waals surface area contributed by atoms with Crippen molar-refractivity contribution in [2.24, 2.45) is 0 Å². The summed E-state index contributed by atoms with van der Waals surface area (Å²) in [4.78, 5) is 73.6. The number of rotatable bonds is 9. The molecule has 1 heterocycles. The molecule has 1 aliphatic heterocycles. The molecule has 1 aliphatic rings. The molecular formula is C21H30O14. The average molecular weight is 506 g/mol. The number of carbonyl (C=O) groups is 6. The molecule has 0 aromatic carbocycles. The normalized spacial score (nSPS) is 24.3. The van der Waals surface area contributed by atoms with E-state index >= 15 is 0 Å². The van der Waals surface area contributed by atoms with E-state index in [2.05, 4.69) is 0 Å². The number of hydrogen-bond donors (Lipinski definition) is 1. The van der Waals surface area contributed by atoms with Gasteiger partial charge in [0.1, 0.15) is 6.10 Å². The van der Waals surface area contributed by atoms with Crippen molar-refractivity contribution in [2.75, 3.05) is 6.61 Å². The maximum Gasteiger partial charge on any atom is 0.406 e. The predicted molar refractivity (Wildman–Crippen MR) is 109 cm³/mol. The van der Waals surface area contributed by atoms with Crippen molar-refractivity contribution < 1.29 is 67.0 Å². The molecule has 0 aromatic rings. The van der Waals surface area contributed by atoms with E-state index < -0.39 is 78.4 Å². The Balaban J connectivity index is 4.39. The van der Waals surface area contributed by atoms with E-state index in [1.165, 1.54) is 0 Å². The molecule has 0 amide bonds. The van der Waals surface area contributed by atoms with Crippen LogP contribution in [0.4, 0.5) is 0 Å². The SMILES string of the molecule is CCC[C@@]1(OC(C)=O)O[C@H](CO)[C@@H](OC(C)=O)C(OC(C)=O)(OC(C)=O)C1(OC(C)=O)OC(C)=O. The zero-order valence-electron chi connectivity index (χ0n) is 20.5. The molecule has 1 saturated heterocycles. The summed E-state index contributed by atoms with van der Waals surface area (Å²) in [5, 5.41) is 10.1. The van der Waals surface area contributed by atoms with Gasteiger partial charge in [-0.15, -0.1) is 0 Å². The van der Waals surface area contributed by atoms with Gasteiger partial charge in [0.25, 0.3) is 0 Å². The van der Waals surface area contributed by atoms with Crippen LogP contribution in [0, 0.1) is 0 Å². The maximum absolute atomic E-state index is 12.4. The van der Waals surface area contributed by atoms with Crippen LogP contribution < -0.4 is 0 Å². The quantitative estimate of drug-likeness (QED) is 0.250. The minimum absolute atomic E-state index is 0.0875. The Labute approximate surface area is 201 Å². The Morgan fingerprint density at radius 1 is 0.714 bits per heavy atom. The van der Waals surface area contributed by atoms with Gasteiger partial charge in [0.15, 0.2) is 0 Å². The lowest BCUT2D eigenvalue weighted by molar-refractivity contribution is -0.506. The molecule has 35 heavy (non-hydrogen) atoms. The molecule has 0 saturated carbocycles. The predicted octanol–water partition coefficient (Wildman–Crippen LogP) is 0.0137. The summed E-state index contributed by atoms with van der Waals surface area (Å²) in [6.45, 7) is 5.91. The molecule has 0 spiro atoms. The van der Waals surface area contributed by atoms with Gasteiger partial charge >= 0.3 is 53.2 Å². The van der Waals surface area contributed by atoms with Crippen LogP contribution in [0.5, 0.6) is 0 Å². The van der Waals surface area contributed by atoms with Crippen molar-refractivity contribution in [3.63, 3.8) is 0 Å². The first-order valence-corrected chi connectivity index (χ1v) is 10.6. The van der Waals surface area contributed by atoms with Crippen molar-refractivity contribution >= 4 is 35.8 Å². The Morgan fingerprint density at radius 2 is 1.14 bits per heavy atom. The molecule has 1 N–H and O–H groups in total. The highest BCUT2D eigenvalue weighted by atomic mass is 16.9. The molecule has 0 aromatic heterocycles. The molecule has 1 rings (SSSR count). The molecule has 3 atom stereocenters.